The van der Waals surface area contributed by atoms with Crippen LogP contribution in [0.2, 0.25) is 0 Å². The first-order valence-electron chi connectivity index (χ1n) is 9.87. The Labute approximate surface area is 167 Å². The summed E-state index contributed by atoms with van der Waals surface area (Å²) in [5, 5.41) is 2.90. The van der Waals surface area contributed by atoms with Gasteiger partial charge in [-0.1, -0.05) is 43.2 Å². The third kappa shape index (κ3) is 4.80. The summed E-state index contributed by atoms with van der Waals surface area (Å²) < 4.78 is 27.7. The second-order valence-corrected chi connectivity index (χ2v) is 9.27. The highest BCUT2D eigenvalue weighted by molar-refractivity contribution is 7.89. The molecule has 1 saturated heterocycles. The SMILES string of the molecule is CCc1ccc(NC(=O)CC2CCCCN2S(=O)(=O)c2ccc(C)cc2)cc1. The fourth-order valence-corrected chi connectivity index (χ4v) is 5.28. The van der Waals surface area contributed by atoms with Crippen molar-refractivity contribution in [2.24, 2.45) is 0 Å². The minimum atomic E-state index is -3.60. The molecule has 1 heterocycles. The minimum absolute atomic E-state index is 0.153. The molecular formula is C22H28N2O3S. The van der Waals surface area contributed by atoms with Crippen LogP contribution in [0, 0.1) is 6.92 Å². The van der Waals surface area contributed by atoms with Crippen molar-refractivity contribution < 1.29 is 13.2 Å². The lowest BCUT2D eigenvalue weighted by atomic mass is 10.0. The number of carbonyl (C=O) groups excluding carboxylic acids is 1. The summed E-state index contributed by atoms with van der Waals surface area (Å²) in [4.78, 5) is 12.8. The normalized spacial score (nSPS) is 18.0. The molecule has 1 N–H and O–H groups in total. The van der Waals surface area contributed by atoms with Crippen LogP contribution in [0.1, 0.15) is 43.7 Å². The van der Waals surface area contributed by atoms with Crippen molar-refractivity contribution in [1.82, 2.24) is 4.31 Å². The number of sulfonamides is 1. The largest absolute Gasteiger partial charge is 0.326 e. The molecule has 6 heteroatoms. The molecule has 1 unspecified atom stereocenters. The zero-order valence-electron chi connectivity index (χ0n) is 16.5. The van der Waals surface area contributed by atoms with E-state index in [1.807, 2.05) is 31.2 Å². The molecule has 1 aliphatic heterocycles. The number of benzene rings is 2. The maximum atomic E-state index is 13.1. The van der Waals surface area contributed by atoms with Crippen molar-refractivity contribution in [3.63, 3.8) is 0 Å². The van der Waals surface area contributed by atoms with Crippen LogP contribution in [0.4, 0.5) is 5.69 Å². The first-order chi connectivity index (χ1) is 13.4. The van der Waals surface area contributed by atoms with Gasteiger partial charge in [0.05, 0.1) is 4.90 Å². The van der Waals surface area contributed by atoms with Crippen molar-refractivity contribution in [3.05, 3.63) is 59.7 Å². The molecule has 0 bridgehead atoms. The van der Waals surface area contributed by atoms with Crippen molar-refractivity contribution in [2.75, 3.05) is 11.9 Å². The molecule has 0 saturated carbocycles. The van der Waals surface area contributed by atoms with Gasteiger partial charge in [0, 0.05) is 24.7 Å². The average molecular weight is 401 g/mol. The van der Waals surface area contributed by atoms with Gasteiger partial charge in [-0.2, -0.15) is 4.31 Å². The Bertz CT molecular complexity index is 906. The lowest BCUT2D eigenvalue weighted by Crippen LogP contribution is -2.45. The highest BCUT2D eigenvalue weighted by Gasteiger charge is 2.34. The maximum Gasteiger partial charge on any atom is 0.243 e. The standard InChI is InChI=1S/C22H28N2O3S/c1-3-18-9-11-19(12-10-18)23-22(25)16-20-6-4-5-15-24(20)28(26,27)21-13-7-17(2)8-14-21/h7-14,20H,3-6,15-16H2,1-2H3,(H,23,25). The zero-order chi connectivity index (χ0) is 20.1. The maximum absolute atomic E-state index is 13.1. The van der Waals surface area contributed by atoms with E-state index in [1.54, 1.807) is 24.3 Å². The topological polar surface area (TPSA) is 66.5 Å². The molecule has 3 rings (SSSR count). The van der Waals surface area contributed by atoms with E-state index in [2.05, 4.69) is 12.2 Å². The van der Waals surface area contributed by atoms with E-state index in [0.29, 0.717) is 17.9 Å². The molecule has 0 aromatic heterocycles. The third-order valence-electron chi connectivity index (χ3n) is 5.27. The van der Waals surface area contributed by atoms with E-state index in [-0.39, 0.29) is 18.4 Å². The molecule has 150 valence electrons. The van der Waals surface area contributed by atoms with Crippen LogP contribution in [0.3, 0.4) is 0 Å². The van der Waals surface area contributed by atoms with Crippen LogP contribution in [0.5, 0.6) is 0 Å². The third-order valence-corrected chi connectivity index (χ3v) is 7.23. The molecule has 0 radical (unpaired) electrons. The fraction of sp³-hybridized carbons (Fsp3) is 0.409. The predicted octanol–water partition coefficient (Wildman–Crippen LogP) is 4.13. The first-order valence-corrected chi connectivity index (χ1v) is 11.3. The Morgan fingerprint density at radius 3 is 2.39 bits per heavy atom. The van der Waals surface area contributed by atoms with Crippen LogP contribution in [-0.2, 0) is 21.2 Å². The molecule has 2 aromatic rings. The number of piperidine rings is 1. The molecule has 1 amide bonds. The lowest BCUT2D eigenvalue weighted by Gasteiger charge is -2.34. The van der Waals surface area contributed by atoms with Gasteiger partial charge in [0.2, 0.25) is 15.9 Å². The quantitative estimate of drug-likeness (QED) is 0.793. The van der Waals surface area contributed by atoms with Crippen LogP contribution in [0.15, 0.2) is 53.4 Å². The summed E-state index contributed by atoms with van der Waals surface area (Å²) in [5.74, 6) is -0.153. The van der Waals surface area contributed by atoms with Gasteiger partial charge >= 0.3 is 0 Å². The minimum Gasteiger partial charge on any atom is -0.326 e. The van der Waals surface area contributed by atoms with Crippen LogP contribution in [0.25, 0.3) is 0 Å². The van der Waals surface area contributed by atoms with Gasteiger partial charge in [-0.05, 0) is 56.0 Å². The van der Waals surface area contributed by atoms with Crippen molar-refractivity contribution >= 4 is 21.6 Å². The number of carbonyl (C=O) groups is 1. The number of nitrogens with zero attached hydrogens (tertiary/aromatic N) is 1. The second kappa shape index (κ2) is 8.88. The van der Waals surface area contributed by atoms with Crippen molar-refractivity contribution in [1.29, 1.82) is 0 Å². The number of nitrogens with one attached hydrogen (secondary N) is 1. The summed E-state index contributed by atoms with van der Waals surface area (Å²) in [7, 11) is -3.60. The molecule has 2 aromatic carbocycles. The van der Waals surface area contributed by atoms with Gasteiger partial charge in [-0.25, -0.2) is 8.42 Å². The number of hydrogen-bond acceptors (Lipinski definition) is 3. The van der Waals surface area contributed by atoms with Crippen LogP contribution >= 0.6 is 0 Å². The highest BCUT2D eigenvalue weighted by atomic mass is 32.2. The first kappa shape index (κ1) is 20.6. The number of hydrogen-bond donors (Lipinski definition) is 1. The summed E-state index contributed by atoms with van der Waals surface area (Å²) >= 11 is 0. The molecule has 28 heavy (non-hydrogen) atoms. The molecule has 1 atom stereocenters. The molecule has 0 aliphatic carbocycles. The van der Waals surface area contributed by atoms with Gasteiger partial charge in [0.25, 0.3) is 0 Å². The Kier molecular flexibility index (Phi) is 6.52. The zero-order valence-corrected chi connectivity index (χ0v) is 17.3. The summed E-state index contributed by atoms with van der Waals surface area (Å²) in [6.07, 6.45) is 3.57. The van der Waals surface area contributed by atoms with E-state index in [1.165, 1.54) is 9.87 Å². The Hall–Kier alpha value is -2.18. The molecule has 1 fully saturated rings. The fourth-order valence-electron chi connectivity index (χ4n) is 3.59. The predicted molar refractivity (Wildman–Crippen MR) is 112 cm³/mol. The highest BCUT2D eigenvalue weighted by Crippen LogP contribution is 2.27. The van der Waals surface area contributed by atoms with Gasteiger partial charge in [-0.3, -0.25) is 4.79 Å². The summed E-state index contributed by atoms with van der Waals surface area (Å²) in [6, 6.07) is 14.3. The molecule has 0 spiro atoms. The van der Waals surface area contributed by atoms with Gasteiger partial charge < -0.3 is 5.32 Å². The monoisotopic (exact) mass is 400 g/mol. The number of rotatable bonds is 6. The molecular weight excluding hydrogens is 372 g/mol. The molecule has 1 aliphatic rings. The number of amides is 1. The number of aryl methyl sites for hydroxylation is 2. The van der Waals surface area contributed by atoms with E-state index >= 15 is 0 Å². The van der Waals surface area contributed by atoms with Gasteiger partial charge in [-0.15, -0.1) is 0 Å². The summed E-state index contributed by atoms with van der Waals surface area (Å²) in [6.45, 7) is 4.47. The summed E-state index contributed by atoms with van der Waals surface area (Å²) in [5.41, 5.74) is 2.97. The van der Waals surface area contributed by atoms with Crippen LogP contribution in [-0.4, -0.2) is 31.2 Å². The van der Waals surface area contributed by atoms with E-state index in [9.17, 15) is 13.2 Å². The molecule has 5 nitrogen and oxygen atoms in total. The lowest BCUT2D eigenvalue weighted by molar-refractivity contribution is -0.117. The second-order valence-electron chi connectivity index (χ2n) is 7.38. The number of anilines is 1. The van der Waals surface area contributed by atoms with Gasteiger partial charge in [0.15, 0.2) is 0 Å². The van der Waals surface area contributed by atoms with Crippen molar-refractivity contribution in [3.8, 4) is 0 Å². The van der Waals surface area contributed by atoms with Gasteiger partial charge in [0.1, 0.15) is 0 Å². The van der Waals surface area contributed by atoms with E-state index < -0.39 is 10.0 Å². The van der Waals surface area contributed by atoms with Crippen molar-refractivity contribution in [2.45, 2.75) is 56.9 Å². The van der Waals surface area contributed by atoms with Crippen LogP contribution < -0.4 is 5.32 Å². The van der Waals surface area contributed by atoms with E-state index in [0.717, 1.165) is 30.5 Å². The average Bonchev–Trinajstić information content (AvgIpc) is 2.69. The smallest absolute Gasteiger partial charge is 0.243 e. The Balaban J connectivity index is 1.71. The van der Waals surface area contributed by atoms with E-state index in [4.69, 9.17) is 0 Å². The Morgan fingerprint density at radius 2 is 1.75 bits per heavy atom. The Morgan fingerprint density at radius 1 is 1.07 bits per heavy atom.